The Kier molecular flexibility index (Phi) is 3.76. The van der Waals surface area contributed by atoms with Crippen molar-refractivity contribution in [1.82, 2.24) is 5.43 Å². The van der Waals surface area contributed by atoms with Gasteiger partial charge in [-0.15, -0.1) is 0 Å². The first kappa shape index (κ1) is 10.1. The van der Waals surface area contributed by atoms with Crippen LogP contribution in [0.3, 0.4) is 0 Å². The molecule has 3 N–H and O–H groups in total. The van der Waals surface area contributed by atoms with Crippen molar-refractivity contribution < 1.29 is 4.79 Å². The number of carbonyl (C=O) groups excluding carboxylic acids is 1. The quantitative estimate of drug-likeness (QED) is 0.517. The number of amides is 2. The number of rotatable bonds is 2. The molecule has 0 fully saturated rings. The van der Waals surface area contributed by atoms with Gasteiger partial charge in [-0.1, -0.05) is 17.7 Å². The van der Waals surface area contributed by atoms with Crippen LogP contribution in [0.2, 0.25) is 0 Å². The number of nitrogens with two attached hydrogens (primary N) is 1. The van der Waals surface area contributed by atoms with Gasteiger partial charge in [-0.2, -0.15) is 5.10 Å². The number of hydrogen-bond acceptors (Lipinski definition) is 2. The van der Waals surface area contributed by atoms with Gasteiger partial charge in [-0.3, -0.25) is 0 Å². The smallest absolute Gasteiger partial charge is 0.332 e. The second-order valence-corrected chi connectivity index (χ2v) is 3.32. The second kappa shape index (κ2) is 4.87. The minimum absolute atomic E-state index is 0.127. The predicted octanol–water partition coefficient (Wildman–Crippen LogP) is 1.56. The highest BCUT2D eigenvalue weighted by Gasteiger charge is 2.13. The van der Waals surface area contributed by atoms with Crippen molar-refractivity contribution in [2.45, 2.75) is 19.3 Å². The van der Waals surface area contributed by atoms with E-state index in [0.717, 1.165) is 24.3 Å². The molecule has 0 radical (unpaired) electrons. The first-order valence-corrected chi connectivity index (χ1v) is 4.52. The highest BCUT2D eigenvalue weighted by Crippen LogP contribution is 2.25. The summed E-state index contributed by atoms with van der Waals surface area (Å²) >= 11 is 5.92. The first-order valence-electron chi connectivity index (χ1n) is 4.14. The summed E-state index contributed by atoms with van der Waals surface area (Å²) in [5, 5.41) is 4.46. The van der Waals surface area contributed by atoms with Gasteiger partial charge in [0.2, 0.25) is 0 Å². The normalized spacial score (nSPS) is 22.8. The molecule has 1 rings (SSSR count). The predicted molar refractivity (Wildman–Crippen MR) is 52.5 cm³/mol. The molecule has 13 heavy (non-hydrogen) atoms. The van der Waals surface area contributed by atoms with E-state index in [1.165, 1.54) is 0 Å². The van der Waals surface area contributed by atoms with Crippen LogP contribution in [0, 0.1) is 5.92 Å². The van der Waals surface area contributed by atoms with Crippen LogP contribution in [0.1, 0.15) is 19.3 Å². The number of hydrazone groups is 1. The van der Waals surface area contributed by atoms with Crippen LogP contribution in [0.15, 0.2) is 16.2 Å². The maximum Gasteiger partial charge on any atom is 0.332 e. The van der Waals surface area contributed by atoms with Gasteiger partial charge in [0.05, 0.1) is 0 Å². The Balaban J connectivity index is 2.43. The fourth-order valence-corrected chi connectivity index (χ4v) is 1.48. The number of allylic oxidation sites excluding steroid dienone is 2. The Hall–Kier alpha value is -1.03. The molecule has 5 heteroatoms. The summed E-state index contributed by atoms with van der Waals surface area (Å²) in [4.78, 5) is 10.3. The van der Waals surface area contributed by atoms with Crippen LogP contribution in [-0.2, 0) is 0 Å². The van der Waals surface area contributed by atoms with Crippen LogP contribution in [0.5, 0.6) is 0 Å². The number of primary amides is 1. The molecule has 1 aliphatic rings. The Bertz CT molecular complexity index is 250. The molecule has 1 atom stereocenters. The van der Waals surface area contributed by atoms with Gasteiger partial charge < -0.3 is 5.73 Å². The summed E-state index contributed by atoms with van der Waals surface area (Å²) in [6.45, 7) is 0. The molecule has 1 aliphatic carbocycles. The van der Waals surface area contributed by atoms with E-state index in [0.29, 0.717) is 0 Å². The van der Waals surface area contributed by atoms with Crippen molar-refractivity contribution in [2.75, 3.05) is 0 Å². The zero-order valence-electron chi connectivity index (χ0n) is 7.16. The molecule has 72 valence electrons. The van der Waals surface area contributed by atoms with Crippen molar-refractivity contribution in [2.24, 2.45) is 16.8 Å². The van der Waals surface area contributed by atoms with E-state index in [-0.39, 0.29) is 5.92 Å². The Morgan fingerprint density at radius 1 is 1.85 bits per heavy atom. The van der Waals surface area contributed by atoms with E-state index in [9.17, 15) is 4.79 Å². The molecule has 0 aromatic heterocycles. The Morgan fingerprint density at radius 3 is 3.23 bits per heavy atom. The highest BCUT2D eigenvalue weighted by molar-refractivity contribution is 6.30. The number of nitrogens with zero attached hydrogens (tertiary/aromatic N) is 1. The lowest BCUT2D eigenvalue weighted by atomic mass is 9.97. The van der Waals surface area contributed by atoms with Crippen molar-refractivity contribution >= 4 is 23.8 Å². The lowest BCUT2D eigenvalue weighted by molar-refractivity contribution is 0.249. The molecule has 4 nitrogen and oxygen atoms in total. The maximum absolute atomic E-state index is 10.3. The topological polar surface area (TPSA) is 67.5 Å². The number of carbonyl (C=O) groups is 1. The largest absolute Gasteiger partial charge is 0.350 e. The van der Waals surface area contributed by atoms with Crippen LogP contribution in [-0.4, -0.2) is 12.2 Å². The molecular formula is C8H12ClN3O. The monoisotopic (exact) mass is 201 g/mol. The molecule has 1 unspecified atom stereocenters. The van der Waals surface area contributed by atoms with E-state index in [1.807, 2.05) is 6.08 Å². The van der Waals surface area contributed by atoms with E-state index < -0.39 is 6.03 Å². The summed E-state index contributed by atoms with van der Waals surface area (Å²) in [6, 6.07) is -0.660. The van der Waals surface area contributed by atoms with Gasteiger partial charge in [-0.25, -0.2) is 10.2 Å². The summed E-state index contributed by atoms with van der Waals surface area (Å²) in [6.07, 6.45) is 6.68. The van der Waals surface area contributed by atoms with Crippen molar-refractivity contribution in [3.63, 3.8) is 0 Å². The highest BCUT2D eigenvalue weighted by atomic mass is 35.5. The zero-order chi connectivity index (χ0) is 9.68. The molecule has 0 saturated heterocycles. The maximum atomic E-state index is 10.3. The molecule has 2 amide bonds. The van der Waals surface area contributed by atoms with E-state index >= 15 is 0 Å². The van der Waals surface area contributed by atoms with Gasteiger partial charge in [0.15, 0.2) is 0 Å². The standard InChI is InChI=1S/C8H12ClN3O/c9-7-4-2-1-3-6(7)5-11-12-8(10)13/h4-6H,1-3H2,(H3,10,12,13)/b11-5+. The molecule has 0 bridgehead atoms. The van der Waals surface area contributed by atoms with E-state index in [1.54, 1.807) is 6.21 Å². The fraction of sp³-hybridized carbons (Fsp3) is 0.500. The molecule has 0 aliphatic heterocycles. The summed E-state index contributed by atoms with van der Waals surface area (Å²) in [5.74, 6) is 0.127. The van der Waals surface area contributed by atoms with Crippen LogP contribution in [0.25, 0.3) is 0 Å². The fourth-order valence-electron chi connectivity index (χ4n) is 1.20. The summed E-state index contributed by atoms with van der Waals surface area (Å²) in [5.41, 5.74) is 6.97. The molecule has 0 heterocycles. The Labute approximate surface area is 81.8 Å². The van der Waals surface area contributed by atoms with Crippen molar-refractivity contribution in [1.29, 1.82) is 0 Å². The number of urea groups is 1. The molecule has 0 aromatic rings. The Morgan fingerprint density at radius 2 is 2.62 bits per heavy atom. The van der Waals surface area contributed by atoms with Crippen molar-refractivity contribution in [3.8, 4) is 0 Å². The minimum Gasteiger partial charge on any atom is -0.350 e. The van der Waals surface area contributed by atoms with Crippen molar-refractivity contribution in [3.05, 3.63) is 11.1 Å². The molecular weight excluding hydrogens is 190 g/mol. The number of nitrogens with one attached hydrogen (secondary N) is 1. The van der Waals surface area contributed by atoms with Crippen LogP contribution in [0.4, 0.5) is 4.79 Å². The lowest BCUT2D eigenvalue weighted by Crippen LogP contribution is -2.25. The SMILES string of the molecule is NC(=O)N/N=C/C1CCCC=C1Cl. The van der Waals surface area contributed by atoms with E-state index in [2.05, 4.69) is 10.5 Å². The minimum atomic E-state index is -0.660. The van der Waals surface area contributed by atoms with Gasteiger partial charge in [0.25, 0.3) is 0 Å². The molecule has 0 saturated carbocycles. The molecule has 0 spiro atoms. The van der Waals surface area contributed by atoms with Gasteiger partial charge in [-0.05, 0) is 19.3 Å². The molecule has 0 aromatic carbocycles. The van der Waals surface area contributed by atoms with Gasteiger partial charge in [0, 0.05) is 17.2 Å². The summed E-state index contributed by atoms with van der Waals surface area (Å²) < 4.78 is 0. The lowest BCUT2D eigenvalue weighted by Gasteiger charge is -2.14. The second-order valence-electron chi connectivity index (χ2n) is 2.88. The zero-order valence-corrected chi connectivity index (χ0v) is 7.92. The number of hydrogen-bond donors (Lipinski definition) is 2. The third-order valence-corrected chi connectivity index (χ3v) is 2.28. The third kappa shape index (κ3) is 3.46. The van der Waals surface area contributed by atoms with Gasteiger partial charge in [0.1, 0.15) is 0 Å². The van der Waals surface area contributed by atoms with E-state index in [4.69, 9.17) is 17.3 Å². The number of halogens is 1. The average Bonchev–Trinajstić information content (AvgIpc) is 2.08. The van der Waals surface area contributed by atoms with Crippen LogP contribution >= 0.6 is 11.6 Å². The third-order valence-electron chi connectivity index (χ3n) is 1.84. The summed E-state index contributed by atoms with van der Waals surface area (Å²) in [7, 11) is 0. The first-order chi connectivity index (χ1) is 6.20. The van der Waals surface area contributed by atoms with Crippen LogP contribution < -0.4 is 11.2 Å². The van der Waals surface area contributed by atoms with Gasteiger partial charge >= 0.3 is 6.03 Å². The average molecular weight is 202 g/mol.